The van der Waals surface area contributed by atoms with E-state index in [1.54, 1.807) is 0 Å². The van der Waals surface area contributed by atoms with Crippen LogP contribution in [0.15, 0.2) is 0 Å². The van der Waals surface area contributed by atoms with Crippen molar-refractivity contribution < 1.29 is 4.74 Å². The smallest absolute Gasteiger partial charge is 0.0812 e. The van der Waals surface area contributed by atoms with E-state index >= 15 is 0 Å². The van der Waals surface area contributed by atoms with E-state index in [2.05, 4.69) is 12.2 Å². The molecule has 0 radical (unpaired) electrons. The first-order chi connectivity index (χ1) is 8.76. The van der Waals surface area contributed by atoms with Crippen molar-refractivity contribution in [1.82, 2.24) is 5.32 Å². The van der Waals surface area contributed by atoms with Gasteiger partial charge in [-0.1, -0.05) is 32.6 Å². The summed E-state index contributed by atoms with van der Waals surface area (Å²) in [6.45, 7) is 3.52. The first-order valence-corrected chi connectivity index (χ1v) is 8.17. The van der Waals surface area contributed by atoms with Gasteiger partial charge in [0.25, 0.3) is 0 Å². The van der Waals surface area contributed by atoms with Crippen molar-refractivity contribution in [2.45, 2.75) is 88.9 Å². The topological polar surface area (TPSA) is 21.3 Å². The predicted octanol–water partition coefficient (Wildman–Crippen LogP) is 3.65. The van der Waals surface area contributed by atoms with E-state index in [0.717, 1.165) is 18.5 Å². The van der Waals surface area contributed by atoms with Crippen molar-refractivity contribution in [2.24, 2.45) is 5.92 Å². The molecule has 3 aliphatic carbocycles. The van der Waals surface area contributed by atoms with Crippen molar-refractivity contribution >= 4 is 0 Å². The molecule has 104 valence electrons. The fourth-order valence-electron chi connectivity index (χ4n) is 3.90. The summed E-state index contributed by atoms with van der Waals surface area (Å²) in [5, 5.41) is 3.74. The minimum Gasteiger partial charge on any atom is -0.370 e. The van der Waals surface area contributed by atoms with E-state index in [4.69, 9.17) is 4.74 Å². The highest BCUT2D eigenvalue weighted by molar-refractivity contribution is 4.93. The van der Waals surface area contributed by atoms with E-state index in [-0.39, 0.29) is 5.60 Å². The minimum absolute atomic E-state index is 0.176. The molecule has 0 saturated heterocycles. The van der Waals surface area contributed by atoms with Crippen LogP contribution in [0.3, 0.4) is 0 Å². The van der Waals surface area contributed by atoms with E-state index in [0.29, 0.717) is 6.10 Å². The lowest BCUT2D eigenvalue weighted by atomic mass is 9.78. The van der Waals surface area contributed by atoms with Crippen LogP contribution in [-0.2, 0) is 4.74 Å². The molecule has 3 fully saturated rings. The van der Waals surface area contributed by atoms with Crippen molar-refractivity contribution in [3.05, 3.63) is 0 Å². The number of hydrogen-bond donors (Lipinski definition) is 1. The summed E-state index contributed by atoms with van der Waals surface area (Å²) in [6.07, 6.45) is 14.0. The van der Waals surface area contributed by atoms with E-state index < -0.39 is 0 Å². The molecule has 3 saturated carbocycles. The molecule has 0 aromatic heterocycles. The lowest BCUT2D eigenvalue weighted by molar-refractivity contribution is -0.118. The van der Waals surface area contributed by atoms with Crippen LogP contribution in [0.4, 0.5) is 0 Å². The average Bonchev–Trinajstić information content (AvgIpc) is 3.05. The van der Waals surface area contributed by atoms with Gasteiger partial charge in [-0.15, -0.1) is 0 Å². The van der Waals surface area contributed by atoms with Gasteiger partial charge in [0.2, 0.25) is 0 Å². The minimum atomic E-state index is 0.176. The number of hydrogen-bond acceptors (Lipinski definition) is 2. The predicted molar refractivity (Wildman–Crippen MR) is 74.7 cm³/mol. The van der Waals surface area contributed by atoms with Gasteiger partial charge in [0, 0.05) is 12.6 Å². The van der Waals surface area contributed by atoms with Crippen LogP contribution in [0.5, 0.6) is 0 Å². The molecule has 0 aliphatic heterocycles. The molecule has 0 spiro atoms. The molecule has 3 rings (SSSR count). The highest BCUT2D eigenvalue weighted by atomic mass is 16.5. The molecule has 0 heterocycles. The maximum absolute atomic E-state index is 6.63. The lowest BCUT2D eigenvalue weighted by Crippen LogP contribution is -2.48. The van der Waals surface area contributed by atoms with Crippen molar-refractivity contribution in [2.75, 3.05) is 6.54 Å². The van der Waals surface area contributed by atoms with Gasteiger partial charge in [-0.25, -0.2) is 0 Å². The quantitative estimate of drug-likeness (QED) is 0.805. The Kier molecular flexibility index (Phi) is 3.95. The summed E-state index contributed by atoms with van der Waals surface area (Å²) in [6, 6.07) is 0.811. The second-order valence-corrected chi connectivity index (χ2v) is 7.06. The zero-order chi connectivity index (χ0) is 12.4. The molecule has 2 unspecified atom stereocenters. The van der Waals surface area contributed by atoms with Gasteiger partial charge in [0.1, 0.15) is 0 Å². The fraction of sp³-hybridized carbons (Fsp3) is 1.00. The largest absolute Gasteiger partial charge is 0.370 e. The Morgan fingerprint density at radius 1 is 1.06 bits per heavy atom. The second kappa shape index (κ2) is 5.50. The van der Waals surface area contributed by atoms with E-state index in [1.165, 1.54) is 64.2 Å². The van der Waals surface area contributed by atoms with E-state index in [9.17, 15) is 0 Å². The third-order valence-electron chi connectivity index (χ3n) is 5.06. The Labute approximate surface area is 112 Å². The third-order valence-corrected chi connectivity index (χ3v) is 5.06. The fourth-order valence-corrected chi connectivity index (χ4v) is 3.90. The summed E-state index contributed by atoms with van der Waals surface area (Å²) >= 11 is 0. The first kappa shape index (κ1) is 12.9. The Morgan fingerprint density at radius 3 is 2.50 bits per heavy atom. The van der Waals surface area contributed by atoms with E-state index in [1.807, 2.05) is 0 Å². The average molecular weight is 251 g/mol. The summed E-state index contributed by atoms with van der Waals surface area (Å²) in [7, 11) is 0. The Hall–Kier alpha value is -0.0800. The second-order valence-electron chi connectivity index (χ2n) is 7.06. The van der Waals surface area contributed by atoms with Gasteiger partial charge in [-0.2, -0.15) is 0 Å². The van der Waals surface area contributed by atoms with Crippen molar-refractivity contribution in [3.8, 4) is 0 Å². The summed E-state index contributed by atoms with van der Waals surface area (Å²) in [4.78, 5) is 0. The monoisotopic (exact) mass is 251 g/mol. The molecule has 2 nitrogen and oxygen atoms in total. The molecule has 2 heteroatoms. The molecule has 2 atom stereocenters. The molecular formula is C16H29NO. The number of nitrogens with one attached hydrogen (secondary N) is 1. The summed E-state index contributed by atoms with van der Waals surface area (Å²) < 4.78 is 6.63. The van der Waals surface area contributed by atoms with Gasteiger partial charge >= 0.3 is 0 Å². The van der Waals surface area contributed by atoms with Crippen LogP contribution in [0, 0.1) is 5.92 Å². The van der Waals surface area contributed by atoms with Gasteiger partial charge in [-0.05, 0) is 44.4 Å². The highest BCUT2D eigenvalue weighted by Gasteiger charge is 2.39. The Morgan fingerprint density at radius 2 is 1.83 bits per heavy atom. The summed E-state index contributed by atoms with van der Waals surface area (Å²) in [5.41, 5.74) is 0.176. The van der Waals surface area contributed by atoms with Gasteiger partial charge in [0.15, 0.2) is 0 Å². The van der Waals surface area contributed by atoms with Gasteiger partial charge < -0.3 is 10.1 Å². The molecule has 0 aromatic rings. The number of rotatable bonds is 5. The van der Waals surface area contributed by atoms with Crippen LogP contribution in [0.25, 0.3) is 0 Å². The molecule has 0 amide bonds. The zero-order valence-electron chi connectivity index (χ0n) is 11.9. The van der Waals surface area contributed by atoms with Gasteiger partial charge in [0.05, 0.1) is 11.7 Å². The van der Waals surface area contributed by atoms with Gasteiger partial charge in [-0.3, -0.25) is 0 Å². The molecule has 0 aromatic carbocycles. The van der Waals surface area contributed by atoms with Crippen LogP contribution >= 0.6 is 0 Å². The van der Waals surface area contributed by atoms with Crippen molar-refractivity contribution in [1.29, 1.82) is 0 Å². The Balaban J connectivity index is 1.60. The normalized spacial score (nSPS) is 38.2. The molecule has 1 N–H and O–H groups in total. The van der Waals surface area contributed by atoms with Crippen molar-refractivity contribution in [3.63, 3.8) is 0 Å². The zero-order valence-corrected chi connectivity index (χ0v) is 11.9. The number of ether oxygens (including phenoxy) is 1. The molecule has 0 bridgehead atoms. The standard InChI is InChI=1S/C16H29NO/c1-13-5-4-10-16(11-13,12-17-14-8-9-14)18-15-6-2-3-7-15/h13-15,17H,2-12H2,1H3. The molecule has 18 heavy (non-hydrogen) atoms. The molecule has 3 aliphatic rings. The SMILES string of the molecule is CC1CCCC(CNC2CC2)(OC2CCCC2)C1. The maximum Gasteiger partial charge on any atom is 0.0812 e. The first-order valence-electron chi connectivity index (χ1n) is 8.17. The third kappa shape index (κ3) is 3.27. The molecular weight excluding hydrogens is 222 g/mol. The highest BCUT2D eigenvalue weighted by Crippen LogP contribution is 2.38. The van der Waals surface area contributed by atoms with Crippen LogP contribution in [0.2, 0.25) is 0 Å². The Bertz CT molecular complexity index is 270. The van der Waals surface area contributed by atoms with Crippen LogP contribution in [0.1, 0.15) is 71.1 Å². The maximum atomic E-state index is 6.63. The van der Waals surface area contributed by atoms with Crippen LogP contribution in [-0.4, -0.2) is 24.3 Å². The van der Waals surface area contributed by atoms with Crippen LogP contribution < -0.4 is 5.32 Å². The summed E-state index contributed by atoms with van der Waals surface area (Å²) in [5.74, 6) is 0.848. The lowest BCUT2D eigenvalue weighted by Gasteiger charge is -2.42.